The molecule has 1 aromatic heterocycles. The van der Waals surface area contributed by atoms with E-state index in [0.29, 0.717) is 24.5 Å². The minimum atomic E-state index is -4.35. The number of nitrogens with zero attached hydrogens (tertiary/aromatic N) is 2. The van der Waals surface area contributed by atoms with Gasteiger partial charge in [0.2, 0.25) is 5.88 Å². The van der Waals surface area contributed by atoms with Gasteiger partial charge in [0.1, 0.15) is 0 Å². The van der Waals surface area contributed by atoms with Gasteiger partial charge in [-0.1, -0.05) is 0 Å². The molecule has 0 aliphatic rings. The summed E-state index contributed by atoms with van der Waals surface area (Å²) >= 11 is 0. The van der Waals surface area contributed by atoms with Crippen LogP contribution in [0.1, 0.15) is 11.1 Å². The van der Waals surface area contributed by atoms with E-state index in [0.717, 1.165) is 17.7 Å². The van der Waals surface area contributed by atoms with Crippen molar-refractivity contribution in [2.24, 2.45) is 5.73 Å². The highest BCUT2D eigenvalue weighted by Crippen LogP contribution is 2.30. The van der Waals surface area contributed by atoms with E-state index < -0.39 is 11.7 Å². The van der Waals surface area contributed by atoms with Gasteiger partial charge in [0.05, 0.1) is 24.6 Å². The van der Waals surface area contributed by atoms with Gasteiger partial charge in [0.15, 0.2) is 0 Å². The third-order valence-corrected chi connectivity index (χ3v) is 2.84. The molecule has 1 aromatic carbocycles. The Balaban J connectivity index is 2.37. The van der Waals surface area contributed by atoms with Crippen molar-refractivity contribution in [2.45, 2.75) is 12.6 Å². The van der Waals surface area contributed by atoms with Crippen molar-refractivity contribution in [1.29, 1.82) is 0 Å². The van der Waals surface area contributed by atoms with Crippen molar-refractivity contribution in [3.63, 3.8) is 0 Å². The summed E-state index contributed by atoms with van der Waals surface area (Å²) in [5.41, 5.74) is 6.10. The normalized spacial score (nSPS) is 11.7. The molecule has 4 nitrogen and oxygen atoms in total. The maximum Gasteiger partial charge on any atom is 0.416 e. The average Bonchev–Trinajstić information content (AvgIpc) is 2.81. The number of nitrogens with two attached hydrogens (primary N) is 1. The van der Waals surface area contributed by atoms with E-state index in [1.807, 2.05) is 0 Å². The lowest BCUT2D eigenvalue weighted by Gasteiger charge is -2.10. The fourth-order valence-electron chi connectivity index (χ4n) is 1.89. The van der Waals surface area contributed by atoms with Crippen LogP contribution in [0.3, 0.4) is 0 Å². The molecule has 0 atom stereocenters. The van der Waals surface area contributed by atoms with Crippen molar-refractivity contribution < 1.29 is 17.9 Å². The molecule has 0 unspecified atom stereocenters. The van der Waals surface area contributed by atoms with E-state index in [2.05, 4.69) is 5.10 Å². The molecule has 0 saturated heterocycles. The lowest BCUT2D eigenvalue weighted by Crippen LogP contribution is -2.07. The molecule has 0 saturated carbocycles. The Kier molecular flexibility index (Phi) is 3.99. The molecule has 0 aliphatic heterocycles. The first-order valence-corrected chi connectivity index (χ1v) is 5.96. The molecule has 0 amide bonds. The molecule has 2 aromatic rings. The zero-order chi connectivity index (χ0) is 14.8. The fraction of sp³-hybridized carbons (Fsp3) is 0.308. The Bertz CT molecular complexity index is 576. The van der Waals surface area contributed by atoms with Crippen LogP contribution in [0.5, 0.6) is 5.88 Å². The van der Waals surface area contributed by atoms with Crippen LogP contribution >= 0.6 is 0 Å². The van der Waals surface area contributed by atoms with E-state index in [9.17, 15) is 13.2 Å². The zero-order valence-electron chi connectivity index (χ0n) is 10.8. The van der Waals surface area contributed by atoms with E-state index in [1.54, 1.807) is 6.20 Å². The summed E-state index contributed by atoms with van der Waals surface area (Å²) in [5.74, 6) is 0.482. The second-order valence-corrected chi connectivity index (χ2v) is 4.17. The van der Waals surface area contributed by atoms with Crippen LogP contribution in [0.4, 0.5) is 13.2 Å². The monoisotopic (exact) mass is 285 g/mol. The Labute approximate surface area is 114 Å². The largest absolute Gasteiger partial charge is 0.481 e. The number of rotatable bonds is 4. The molecule has 2 N–H and O–H groups in total. The molecule has 0 aliphatic carbocycles. The van der Waals surface area contributed by atoms with Gasteiger partial charge in [-0.05, 0) is 37.2 Å². The standard InChI is InChI=1S/C13H14F3N3O/c1-20-12-9(6-7-17)8-18-19(12)11-4-2-10(3-5-11)13(14,15)16/h2-5,8H,6-7,17H2,1H3. The summed E-state index contributed by atoms with van der Waals surface area (Å²) in [4.78, 5) is 0. The molecule has 0 bridgehead atoms. The molecular weight excluding hydrogens is 271 g/mol. The summed E-state index contributed by atoms with van der Waals surface area (Å²) in [5, 5.41) is 4.12. The van der Waals surface area contributed by atoms with Gasteiger partial charge in [-0.3, -0.25) is 0 Å². The number of hydrogen-bond acceptors (Lipinski definition) is 3. The third-order valence-electron chi connectivity index (χ3n) is 2.84. The van der Waals surface area contributed by atoms with Crippen LogP contribution in [-0.2, 0) is 12.6 Å². The summed E-state index contributed by atoms with van der Waals surface area (Å²) in [7, 11) is 1.48. The first-order chi connectivity index (χ1) is 9.47. The quantitative estimate of drug-likeness (QED) is 0.938. The number of methoxy groups -OCH3 is 1. The second-order valence-electron chi connectivity index (χ2n) is 4.17. The lowest BCUT2D eigenvalue weighted by molar-refractivity contribution is -0.137. The highest BCUT2D eigenvalue weighted by molar-refractivity contribution is 5.40. The minimum absolute atomic E-state index is 0.440. The predicted octanol–water partition coefficient (Wildman–Crippen LogP) is 2.40. The number of hydrogen-bond donors (Lipinski definition) is 1. The van der Waals surface area contributed by atoms with E-state index >= 15 is 0 Å². The second kappa shape index (κ2) is 5.54. The first kappa shape index (κ1) is 14.4. The number of aromatic nitrogens is 2. The molecule has 0 radical (unpaired) electrons. The smallest absolute Gasteiger partial charge is 0.416 e. The van der Waals surface area contributed by atoms with Gasteiger partial charge < -0.3 is 10.5 Å². The van der Waals surface area contributed by atoms with Crippen molar-refractivity contribution in [3.05, 3.63) is 41.6 Å². The zero-order valence-corrected chi connectivity index (χ0v) is 10.8. The Morgan fingerprint density at radius 1 is 1.25 bits per heavy atom. The number of alkyl halides is 3. The van der Waals surface area contributed by atoms with E-state index in [1.165, 1.54) is 23.9 Å². The van der Waals surface area contributed by atoms with Gasteiger partial charge in [-0.2, -0.15) is 18.3 Å². The molecular formula is C13H14F3N3O. The molecule has 20 heavy (non-hydrogen) atoms. The van der Waals surface area contributed by atoms with Crippen LogP contribution in [0.25, 0.3) is 5.69 Å². The van der Waals surface area contributed by atoms with Crippen LogP contribution in [-0.4, -0.2) is 23.4 Å². The summed E-state index contributed by atoms with van der Waals surface area (Å²) < 4.78 is 44.2. The van der Waals surface area contributed by atoms with Crippen molar-refractivity contribution in [2.75, 3.05) is 13.7 Å². The van der Waals surface area contributed by atoms with Crippen LogP contribution < -0.4 is 10.5 Å². The first-order valence-electron chi connectivity index (χ1n) is 5.96. The summed E-state index contributed by atoms with van der Waals surface area (Å²) in [6.07, 6.45) is -2.16. The number of benzene rings is 1. The molecule has 7 heteroatoms. The molecule has 108 valence electrons. The third kappa shape index (κ3) is 2.77. The molecule has 0 fully saturated rings. The van der Waals surface area contributed by atoms with Gasteiger partial charge in [0, 0.05) is 5.56 Å². The Morgan fingerprint density at radius 3 is 2.40 bits per heavy atom. The SMILES string of the molecule is COc1c(CCN)cnn1-c1ccc(C(F)(F)F)cc1. The topological polar surface area (TPSA) is 53.1 Å². The maximum absolute atomic E-state index is 12.5. The molecule has 0 spiro atoms. The highest BCUT2D eigenvalue weighted by atomic mass is 19.4. The lowest BCUT2D eigenvalue weighted by atomic mass is 10.2. The molecule has 2 rings (SSSR count). The van der Waals surface area contributed by atoms with Crippen molar-refractivity contribution in [1.82, 2.24) is 9.78 Å². The molecule has 1 heterocycles. The van der Waals surface area contributed by atoms with Crippen molar-refractivity contribution in [3.8, 4) is 11.6 Å². The van der Waals surface area contributed by atoms with Gasteiger partial charge >= 0.3 is 6.18 Å². The van der Waals surface area contributed by atoms with Crippen LogP contribution in [0, 0.1) is 0 Å². The fourth-order valence-corrected chi connectivity index (χ4v) is 1.89. The van der Waals surface area contributed by atoms with Crippen LogP contribution in [0.15, 0.2) is 30.5 Å². The maximum atomic E-state index is 12.5. The average molecular weight is 285 g/mol. The Morgan fingerprint density at radius 2 is 1.90 bits per heavy atom. The van der Waals surface area contributed by atoms with E-state index in [4.69, 9.17) is 10.5 Å². The van der Waals surface area contributed by atoms with Gasteiger partial charge in [0.25, 0.3) is 0 Å². The van der Waals surface area contributed by atoms with Gasteiger partial charge in [-0.25, -0.2) is 4.68 Å². The van der Waals surface area contributed by atoms with E-state index in [-0.39, 0.29) is 0 Å². The predicted molar refractivity (Wildman–Crippen MR) is 67.9 cm³/mol. The van der Waals surface area contributed by atoms with Crippen LogP contribution in [0.2, 0.25) is 0 Å². The number of ether oxygens (including phenoxy) is 1. The highest BCUT2D eigenvalue weighted by Gasteiger charge is 2.30. The Hall–Kier alpha value is -2.02. The summed E-state index contributed by atoms with van der Waals surface area (Å²) in [6.45, 7) is 0.440. The van der Waals surface area contributed by atoms with Gasteiger partial charge in [-0.15, -0.1) is 0 Å². The van der Waals surface area contributed by atoms with Crippen molar-refractivity contribution >= 4 is 0 Å². The minimum Gasteiger partial charge on any atom is -0.481 e. The summed E-state index contributed by atoms with van der Waals surface area (Å²) in [6, 6.07) is 4.73. The number of halogens is 3.